The van der Waals surface area contributed by atoms with Crippen LogP contribution in [0.2, 0.25) is 0 Å². The van der Waals surface area contributed by atoms with Crippen LogP contribution in [0.5, 0.6) is 0 Å². The lowest BCUT2D eigenvalue weighted by Crippen LogP contribution is -2.35. The van der Waals surface area contributed by atoms with Gasteiger partial charge in [0.1, 0.15) is 0 Å². The van der Waals surface area contributed by atoms with Crippen molar-refractivity contribution in [3.05, 3.63) is 42.2 Å². The van der Waals surface area contributed by atoms with Crippen molar-refractivity contribution in [1.29, 1.82) is 0 Å². The van der Waals surface area contributed by atoms with Gasteiger partial charge in [0.2, 0.25) is 0 Å². The van der Waals surface area contributed by atoms with Crippen molar-refractivity contribution in [3.63, 3.8) is 0 Å². The van der Waals surface area contributed by atoms with Gasteiger partial charge in [-0.1, -0.05) is 24.3 Å². The molecule has 0 atom stereocenters. The molecule has 1 aliphatic rings. The molecule has 0 fully saturated rings. The summed E-state index contributed by atoms with van der Waals surface area (Å²) in [5.41, 5.74) is 3.62. The van der Waals surface area contributed by atoms with Crippen LogP contribution in [-0.4, -0.2) is 40.8 Å². The van der Waals surface area contributed by atoms with Crippen LogP contribution in [-0.2, 0) is 13.6 Å². The highest BCUT2D eigenvalue weighted by Gasteiger charge is 2.12. The maximum absolute atomic E-state index is 4.45. The number of aromatic nitrogens is 2. The number of benzene rings is 1. The zero-order valence-electron chi connectivity index (χ0n) is 11.9. The number of guanidine groups is 1. The Bertz CT molecular complexity index is 629. The monoisotopic (exact) mass is 269 g/mol. The molecule has 1 aromatic carbocycles. The zero-order valence-corrected chi connectivity index (χ0v) is 11.9. The van der Waals surface area contributed by atoms with Crippen molar-refractivity contribution in [2.24, 2.45) is 12.0 Å². The third-order valence-electron chi connectivity index (χ3n) is 3.53. The molecule has 2 aromatic rings. The minimum absolute atomic E-state index is 0.772. The Kier molecular flexibility index (Phi) is 3.41. The van der Waals surface area contributed by atoms with Gasteiger partial charge in [-0.2, -0.15) is 5.10 Å². The third kappa shape index (κ3) is 2.52. The van der Waals surface area contributed by atoms with Gasteiger partial charge in [0.25, 0.3) is 0 Å². The van der Waals surface area contributed by atoms with Gasteiger partial charge in [0.15, 0.2) is 5.96 Å². The molecule has 104 valence electrons. The van der Waals surface area contributed by atoms with Crippen molar-refractivity contribution >= 4 is 5.96 Å². The van der Waals surface area contributed by atoms with Gasteiger partial charge in [-0.05, 0) is 11.1 Å². The van der Waals surface area contributed by atoms with Gasteiger partial charge < -0.3 is 10.2 Å². The van der Waals surface area contributed by atoms with E-state index in [-0.39, 0.29) is 0 Å². The molecule has 0 unspecified atom stereocenters. The molecule has 1 aliphatic heterocycles. The quantitative estimate of drug-likeness (QED) is 0.918. The second kappa shape index (κ2) is 5.36. The first-order valence-corrected chi connectivity index (χ1v) is 6.80. The van der Waals surface area contributed by atoms with Crippen molar-refractivity contribution in [1.82, 2.24) is 20.0 Å². The minimum Gasteiger partial charge on any atom is -0.352 e. The van der Waals surface area contributed by atoms with E-state index in [0.717, 1.165) is 31.2 Å². The lowest BCUT2D eigenvalue weighted by molar-refractivity contribution is 0.534. The lowest BCUT2D eigenvalue weighted by atomic mass is 10.0. The van der Waals surface area contributed by atoms with Crippen molar-refractivity contribution in [2.45, 2.75) is 6.54 Å². The number of hydrogen-bond donors (Lipinski definition) is 1. The molecular weight excluding hydrogens is 250 g/mol. The Hall–Kier alpha value is -2.30. The molecular formula is C15H19N5. The van der Waals surface area contributed by atoms with Crippen LogP contribution < -0.4 is 5.32 Å². The van der Waals surface area contributed by atoms with Gasteiger partial charge >= 0.3 is 0 Å². The van der Waals surface area contributed by atoms with Gasteiger partial charge in [-0.25, -0.2) is 0 Å². The van der Waals surface area contributed by atoms with Gasteiger partial charge in [-0.15, -0.1) is 0 Å². The number of aliphatic imine (C=N–C) groups is 1. The number of rotatable bonds is 3. The molecule has 0 spiro atoms. The number of likely N-dealkylation sites (N-methyl/N-ethyl adjacent to an activating group) is 1. The molecule has 3 rings (SSSR count). The summed E-state index contributed by atoms with van der Waals surface area (Å²) in [6.07, 6.45) is 3.94. The standard InChI is InChI=1S/C15H19N5/c1-19-8-7-16-15(19)17-9-12-5-3-4-6-14(12)13-10-18-20(2)11-13/h3-6,10-11H,7-9H2,1-2H3,(H,16,17). The Balaban J connectivity index is 1.80. The molecule has 20 heavy (non-hydrogen) atoms. The van der Waals surface area contributed by atoms with E-state index >= 15 is 0 Å². The molecule has 1 N–H and O–H groups in total. The maximum Gasteiger partial charge on any atom is 0.194 e. The second-order valence-electron chi connectivity index (χ2n) is 5.04. The average Bonchev–Trinajstić information content (AvgIpc) is 3.06. The predicted octanol–water partition coefficient (Wildman–Crippen LogP) is 1.48. The van der Waals surface area contributed by atoms with Crippen LogP contribution >= 0.6 is 0 Å². The van der Waals surface area contributed by atoms with Crippen LogP contribution in [0, 0.1) is 0 Å². The Labute approximate surface area is 118 Å². The molecule has 0 saturated heterocycles. The minimum atomic E-state index is 0.772. The summed E-state index contributed by atoms with van der Waals surface area (Å²) >= 11 is 0. The summed E-state index contributed by atoms with van der Waals surface area (Å²) in [6, 6.07) is 8.40. The molecule has 0 saturated carbocycles. The molecule has 1 aromatic heterocycles. The lowest BCUT2D eigenvalue weighted by Gasteiger charge is -2.16. The second-order valence-corrected chi connectivity index (χ2v) is 5.04. The maximum atomic E-state index is 4.45. The van der Waals surface area contributed by atoms with E-state index in [4.69, 9.17) is 0 Å². The molecule has 0 bridgehead atoms. The van der Waals surface area contributed by atoms with Crippen LogP contribution in [0.3, 0.4) is 0 Å². The molecule has 5 nitrogen and oxygen atoms in total. The normalized spacial score (nSPS) is 14.5. The summed E-state index contributed by atoms with van der Waals surface area (Å²) in [5, 5.41) is 7.66. The topological polar surface area (TPSA) is 45.4 Å². The van der Waals surface area contributed by atoms with E-state index in [9.17, 15) is 0 Å². The van der Waals surface area contributed by atoms with E-state index in [1.54, 1.807) is 0 Å². The predicted molar refractivity (Wildman–Crippen MR) is 80.4 cm³/mol. The molecule has 5 heteroatoms. The third-order valence-corrected chi connectivity index (χ3v) is 3.53. The fraction of sp³-hybridized carbons (Fsp3) is 0.333. The van der Waals surface area contributed by atoms with E-state index in [2.05, 4.69) is 51.6 Å². The SMILES string of the molecule is CN1CCN=C1NCc1ccccc1-c1cnn(C)c1. The van der Waals surface area contributed by atoms with Crippen LogP contribution in [0.15, 0.2) is 41.7 Å². The zero-order chi connectivity index (χ0) is 13.9. The van der Waals surface area contributed by atoms with Gasteiger partial charge in [0.05, 0.1) is 12.7 Å². The summed E-state index contributed by atoms with van der Waals surface area (Å²) in [7, 11) is 4.00. The molecule has 0 radical (unpaired) electrons. The van der Waals surface area contributed by atoms with E-state index in [0.29, 0.717) is 0 Å². The summed E-state index contributed by atoms with van der Waals surface area (Å²) in [4.78, 5) is 6.60. The fourth-order valence-electron chi connectivity index (χ4n) is 2.41. The molecule has 2 heterocycles. The van der Waals surface area contributed by atoms with E-state index < -0.39 is 0 Å². The number of hydrogen-bond acceptors (Lipinski definition) is 4. The highest BCUT2D eigenvalue weighted by Crippen LogP contribution is 2.22. The van der Waals surface area contributed by atoms with Crippen LogP contribution in [0.1, 0.15) is 5.56 Å². The summed E-state index contributed by atoms with van der Waals surface area (Å²) < 4.78 is 1.83. The Morgan fingerprint density at radius 2 is 2.10 bits per heavy atom. The average molecular weight is 269 g/mol. The number of aryl methyl sites for hydroxylation is 1. The first kappa shape index (κ1) is 12.7. The largest absolute Gasteiger partial charge is 0.352 e. The summed E-state index contributed by atoms with van der Waals surface area (Å²) in [5.74, 6) is 0.978. The Morgan fingerprint density at radius 1 is 1.25 bits per heavy atom. The first-order valence-electron chi connectivity index (χ1n) is 6.80. The summed E-state index contributed by atoms with van der Waals surface area (Å²) in [6.45, 7) is 2.64. The van der Waals surface area contributed by atoms with E-state index in [1.165, 1.54) is 11.1 Å². The molecule has 0 amide bonds. The van der Waals surface area contributed by atoms with Crippen molar-refractivity contribution in [2.75, 3.05) is 20.1 Å². The highest BCUT2D eigenvalue weighted by atomic mass is 15.3. The highest BCUT2D eigenvalue weighted by molar-refractivity contribution is 5.81. The van der Waals surface area contributed by atoms with Gasteiger partial charge in [0, 0.05) is 38.9 Å². The fourth-order valence-corrected chi connectivity index (χ4v) is 2.41. The van der Waals surface area contributed by atoms with Crippen LogP contribution in [0.25, 0.3) is 11.1 Å². The number of nitrogens with zero attached hydrogens (tertiary/aromatic N) is 4. The first-order chi connectivity index (χ1) is 9.74. The smallest absolute Gasteiger partial charge is 0.194 e. The number of nitrogens with one attached hydrogen (secondary N) is 1. The van der Waals surface area contributed by atoms with Crippen LogP contribution in [0.4, 0.5) is 0 Å². The van der Waals surface area contributed by atoms with Crippen molar-refractivity contribution in [3.8, 4) is 11.1 Å². The van der Waals surface area contributed by atoms with Crippen molar-refractivity contribution < 1.29 is 0 Å². The Morgan fingerprint density at radius 3 is 2.80 bits per heavy atom. The van der Waals surface area contributed by atoms with E-state index in [1.807, 2.05) is 24.1 Å². The van der Waals surface area contributed by atoms with Gasteiger partial charge in [-0.3, -0.25) is 9.67 Å². The molecule has 0 aliphatic carbocycles.